The van der Waals surface area contributed by atoms with Crippen LogP contribution in [-0.4, -0.2) is 16.6 Å². The molecule has 0 aliphatic rings. The Morgan fingerprint density at radius 3 is 2.55 bits per heavy atom. The molecule has 0 saturated carbocycles. The normalized spacial score (nSPS) is 13.5. The second-order valence-corrected chi connectivity index (χ2v) is 6.51. The smallest absolute Gasteiger partial charge is 0.120 e. The van der Waals surface area contributed by atoms with E-state index < -0.39 is 0 Å². The fraction of sp³-hybridized carbons (Fsp3) is 0.471. The van der Waals surface area contributed by atoms with Gasteiger partial charge in [0.25, 0.3) is 0 Å². The molecule has 2 rings (SSSR count). The maximum Gasteiger partial charge on any atom is 0.120 e. The molecule has 2 aromatic rings. The molecule has 0 amide bonds. The summed E-state index contributed by atoms with van der Waals surface area (Å²) in [5.41, 5.74) is 8.93. The summed E-state index contributed by atoms with van der Waals surface area (Å²) in [5.74, 6) is 0.884. The molecule has 3 nitrogen and oxygen atoms in total. The predicted octanol–water partition coefficient (Wildman–Crippen LogP) is 3.61. The number of ether oxygens (including phenoxy) is 1. The first kappa shape index (κ1) is 14.8. The van der Waals surface area contributed by atoms with Crippen LogP contribution < -0.4 is 10.5 Å². The van der Waals surface area contributed by atoms with Gasteiger partial charge in [0.15, 0.2) is 0 Å². The summed E-state index contributed by atoms with van der Waals surface area (Å²) < 4.78 is 5.91. The number of fused-ring (bicyclic) bond motifs is 1. The Morgan fingerprint density at radius 2 is 1.95 bits per heavy atom. The molecular weight excluding hydrogens is 248 g/mol. The molecule has 1 heterocycles. The molecule has 0 fully saturated rings. The fourth-order valence-corrected chi connectivity index (χ4v) is 2.29. The Morgan fingerprint density at radius 1 is 1.25 bits per heavy atom. The summed E-state index contributed by atoms with van der Waals surface area (Å²) in [6.07, 6.45) is 0.803. The van der Waals surface area contributed by atoms with Gasteiger partial charge in [-0.1, -0.05) is 0 Å². The summed E-state index contributed by atoms with van der Waals surface area (Å²) in [6, 6.07) is 8.32. The Bertz CT molecular complexity index is 612. The number of hydrogen-bond acceptors (Lipinski definition) is 3. The number of pyridine rings is 1. The number of hydrogen-bond donors (Lipinski definition) is 1. The second-order valence-electron chi connectivity index (χ2n) is 6.51. The molecule has 0 bridgehead atoms. The number of aryl methyl sites for hydroxylation is 1. The summed E-state index contributed by atoms with van der Waals surface area (Å²) >= 11 is 0. The Balaban J connectivity index is 2.41. The van der Waals surface area contributed by atoms with Crippen molar-refractivity contribution in [2.24, 2.45) is 5.73 Å². The van der Waals surface area contributed by atoms with Gasteiger partial charge < -0.3 is 10.5 Å². The fourth-order valence-electron chi connectivity index (χ4n) is 2.29. The third-order valence-electron chi connectivity index (χ3n) is 3.00. The van der Waals surface area contributed by atoms with Gasteiger partial charge in [0.05, 0.1) is 5.52 Å². The first-order valence-electron chi connectivity index (χ1n) is 7.09. The molecule has 1 unspecified atom stereocenters. The number of rotatable bonds is 3. The van der Waals surface area contributed by atoms with Crippen LogP contribution in [-0.2, 0) is 6.42 Å². The van der Waals surface area contributed by atoms with E-state index in [0.717, 1.165) is 28.8 Å². The average Bonchev–Trinajstić information content (AvgIpc) is 2.27. The van der Waals surface area contributed by atoms with E-state index in [0.29, 0.717) is 0 Å². The lowest BCUT2D eigenvalue weighted by atomic mass is 10.1. The first-order chi connectivity index (χ1) is 9.24. The van der Waals surface area contributed by atoms with Crippen LogP contribution in [0.2, 0.25) is 0 Å². The molecule has 0 radical (unpaired) electrons. The van der Waals surface area contributed by atoms with Crippen molar-refractivity contribution in [3.8, 4) is 5.75 Å². The van der Waals surface area contributed by atoms with Crippen molar-refractivity contribution < 1.29 is 4.74 Å². The van der Waals surface area contributed by atoms with E-state index >= 15 is 0 Å². The van der Waals surface area contributed by atoms with E-state index in [1.807, 2.05) is 39.8 Å². The second kappa shape index (κ2) is 5.41. The van der Waals surface area contributed by atoms with Gasteiger partial charge in [-0.25, -0.2) is 0 Å². The highest BCUT2D eigenvalue weighted by atomic mass is 16.5. The van der Waals surface area contributed by atoms with Gasteiger partial charge in [-0.3, -0.25) is 4.98 Å². The lowest BCUT2D eigenvalue weighted by Crippen LogP contribution is -2.22. The SMILES string of the molecule is Cc1cc(CC(C)N)nc2ccc(OC(C)(C)C)cc12. The molecule has 0 spiro atoms. The highest BCUT2D eigenvalue weighted by Gasteiger charge is 2.13. The van der Waals surface area contributed by atoms with Crippen LogP contribution in [0.15, 0.2) is 24.3 Å². The van der Waals surface area contributed by atoms with Crippen molar-refractivity contribution in [3.63, 3.8) is 0 Å². The minimum Gasteiger partial charge on any atom is -0.488 e. The first-order valence-corrected chi connectivity index (χ1v) is 7.09. The number of nitrogens with zero attached hydrogens (tertiary/aromatic N) is 1. The van der Waals surface area contributed by atoms with Gasteiger partial charge >= 0.3 is 0 Å². The van der Waals surface area contributed by atoms with E-state index in [9.17, 15) is 0 Å². The maximum absolute atomic E-state index is 5.91. The molecule has 1 atom stereocenters. The van der Waals surface area contributed by atoms with Gasteiger partial charge in [-0.15, -0.1) is 0 Å². The molecule has 1 aromatic heterocycles. The number of benzene rings is 1. The summed E-state index contributed by atoms with van der Waals surface area (Å²) in [4.78, 5) is 4.68. The van der Waals surface area contributed by atoms with Crippen LogP contribution in [0.5, 0.6) is 5.75 Å². The molecule has 0 aliphatic heterocycles. The van der Waals surface area contributed by atoms with E-state index in [4.69, 9.17) is 10.5 Å². The van der Waals surface area contributed by atoms with Crippen LogP contribution in [0.3, 0.4) is 0 Å². The Labute approximate surface area is 121 Å². The highest BCUT2D eigenvalue weighted by molar-refractivity contribution is 5.83. The van der Waals surface area contributed by atoms with Gasteiger partial charge in [-0.05, 0) is 64.4 Å². The van der Waals surface area contributed by atoms with Crippen molar-refractivity contribution >= 4 is 10.9 Å². The van der Waals surface area contributed by atoms with Gasteiger partial charge in [0, 0.05) is 23.5 Å². The quantitative estimate of drug-likeness (QED) is 0.928. The zero-order chi connectivity index (χ0) is 14.9. The van der Waals surface area contributed by atoms with Crippen LogP contribution in [0, 0.1) is 6.92 Å². The van der Waals surface area contributed by atoms with Crippen LogP contribution in [0.1, 0.15) is 39.0 Å². The minimum atomic E-state index is -0.191. The lowest BCUT2D eigenvalue weighted by molar-refractivity contribution is 0.131. The Kier molecular flexibility index (Phi) is 4.00. The summed E-state index contributed by atoms with van der Waals surface area (Å²) in [6.45, 7) is 10.3. The standard InChI is InChI=1S/C17H24N2O/c1-11-8-13(9-12(2)18)19-16-7-6-14(10-15(11)16)20-17(3,4)5/h6-8,10,12H,9,18H2,1-5H3. The number of aromatic nitrogens is 1. The molecule has 0 aliphatic carbocycles. The van der Waals surface area contributed by atoms with Crippen LogP contribution in [0.4, 0.5) is 0 Å². The zero-order valence-electron chi connectivity index (χ0n) is 13.0. The van der Waals surface area contributed by atoms with Crippen molar-refractivity contribution in [2.75, 3.05) is 0 Å². The molecule has 0 saturated heterocycles. The van der Waals surface area contributed by atoms with Gasteiger partial charge in [0.2, 0.25) is 0 Å². The number of nitrogens with two attached hydrogens (primary N) is 1. The van der Waals surface area contributed by atoms with Crippen molar-refractivity contribution in [1.82, 2.24) is 4.98 Å². The van der Waals surface area contributed by atoms with Crippen molar-refractivity contribution in [1.29, 1.82) is 0 Å². The monoisotopic (exact) mass is 272 g/mol. The molecule has 108 valence electrons. The van der Waals surface area contributed by atoms with Crippen molar-refractivity contribution in [2.45, 2.75) is 52.7 Å². The van der Waals surface area contributed by atoms with Crippen molar-refractivity contribution in [3.05, 3.63) is 35.5 Å². The van der Waals surface area contributed by atoms with E-state index in [1.54, 1.807) is 0 Å². The van der Waals surface area contributed by atoms with Gasteiger partial charge in [0.1, 0.15) is 11.4 Å². The third kappa shape index (κ3) is 3.70. The highest BCUT2D eigenvalue weighted by Crippen LogP contribution is 2.26. The van der Waals surface area contributed by atoms with E-state index in [2.05, 4.69) is 24.0 Å². The van der Waals surface area contributed by atoms with Crippen LogP contribution >= 0.6 is 0 Å². The zero-order valence-corrected chi connectivity index (χ0v) is 13.0. The third-order valence-corrected chi connectivity index (χ3v) is 3.00. The lowest BCUT2D eigenvalue weighted by Gasteiger charge is -2.21. The predicted molar refractivity (Wildman–Crippen MR) is 84.2 cm³/mol. The molecule has 20 heavy (non-hydrogen) atoms. The molecule has 2 N–H and O–H groups in total. The summed E-state index contributed by atoms with van der Waals surface area (Å²) in [7, 11) is 0. The maximum atomic E-state index is 5.91. The van der Waals surface area contributed by atoms with Gasteiger partial charge in [-0.2, -0.15) is 0 Å². The van der Waals surface area contributed by atoms with E-state index in [-0.39, 0.29) is 11.6 Å². The average molecular weight is 272 g/mol. The minimum absolute atomic E-state index is 0.128. The van der Waals surface area contributed by atoms with Crippen LogP contribution in [0.25, 0.3) is 10.9 Å². The molecular formula is C17H24N2O. The topological polar surface area (TPSA) is 48.1 Å². The largest absolute Gasteiger partial charge is 0.488 e. The Hall–Kier alpha value is -1.61. The molecule has 3 heteroatoms. The molecule has 1 aromatic carbocycles. The summed E-state index contributed by atoms with van der Waals surface area (Å²) in [5, 5.41) is 1.14. The van der Waals surface area contributed by atoms with E-state index in [1.165, 1.54) is 5.56 Å².